The van der Waals surface area contributed by atoms with E-state index in [-0.39, 0.29) is 0 Å². The van der Waals surface area contributed by atoms with Crippen LogP contribution in [0.3, 0.4) is 0 Å². The summed E-state index contributed by atoms with van der Waals surface area (Å²) in [5, 5.41) is 6.77. The van der Waals surface area contributed by atoms with Gasteiger partial charge in [0.15, 0.2) is 0 Å². The molecule has 0 atom stereocenters. The summed E-state index contributed by atoms with van der Waals surface area (Å²) in [4.78, 5) is 16.1. The van der Waals surface area contributed by atoms with Gasteiger partial charge >= 0.3 is 6.09 Å². The predicted octanol–water partition coefficient (Wildman–Crippen LogP) is 3.92. The molecule has 2 aromatic rings. The van der Waals surface area contributed by atoms with Crippen LogP contribution in [0.15, 0.2) is 59.8 Å². The van der Waals surface area contributed by atoms with Crippen molar-refractivity contribution >= 4 is 29.6 Å². The van der Waals surface area contributed by atoms with Gasteiger partial charge in [-0.25, -0.2) is 4.79 Å². The first-order chi connectivity index (χ1) is 9.24. The Labute approximate surface area is 115 Å². The maximum absolute atomic E-state index is 11.4. The Morgan fingerprint density at radius 2 is 1.79 bits per heavy atom. The Kier molecular flexibility index (Phi) is 4.53. The van der Waals surface area contributed by atoms with Crippen molar-refractivity contribution in [2.45, 2.75) is 0 Å². The van der Waals surface area contributed by atoms with Crippen LogP contribution in [0.5, 0.6) is 0 Å². The molecular weight excluding hydrogens is 264 g/mol. The van der Waals surface area contributed by atoms with E-state index in [1.54, 1.807) is 36.4 Å². The number of hydrogen-bond acceptors (Lipinski definition) is 3. The number of halogens is 1. The summed E-state index contributed by atoms with van der Waals surface area (Å²) < 4.78 is 0. The second-order valence-corrected chi connectivity index (χ2v) is 4.09. The highest BCUT2D eigenvalue weighted by molar-refractivity contribution is 6.30. The van der Waals surface area contributed by atoms with E-state index in [2.05, 4.69) is 15.3 Å². The van der Waals surface area contributed by atoms with E-state index < -0.39 is 6.09 Å². The van der Waals surface area contributed by atoms with Crippen LogP contribution in [0.25, 0.3) is 0 Å². The second-order valence-electron chi connectivity index (χ2n) is 3.66. The van der Waals surface area contributed by atoms with Crippen LogP contribution < -0.4 is 5.32 Å². The highest BCUT2D eigenvalue weighted by Gasteiger charge is 2.00. The molecule has 96 valence electrons. The van der Waals surface area contributed by atoms with Gasteiger partial charge in [0, 0.05) is 10.7 Å². The number of rotatable bonds is 3. The molecule has 4 nitrogen and oxygen atoms in total. The normalized spacial score (nSPS) is 10.4. The van der Waals surface area contributed by atoms with Gasteiger partial charge in [-0.3, -0.25) is 10.2 Å². The fraction of sp³-hybridized carbons (Fsp3) is 0. The first-order valence-electron chi connectivity index (χ1n) is 5.56. The van der Waals surface area contributed by atoms with E-state index in [4.69, 9.17) is 11.6 Å². The molecule has 0 bridgehead atoms. The number of nitrogens with one attached hydrogen (secondary N) is 1. The van der Waals surface area contributed by atoms with E-state index in [0.717, 1.165) is 5.56 Å². The smallest absolute Gasteiger partial charge is 0.298 e. The third-order valence-corrected chi connectivity index (χ3v) is 2.48. The standard InChI is InChI=1S/C14H11ClN2O2/c15-12-8-6-11(7-9-12)10-16-19-14(18)17-13-4-2-1-3-5-13/h1-10H,(H,17,18). The molecule has 2 rings (SSSR count). The number of anilines is 1. The van der Waals surface area contributed by atoms with Gasteiger partial charge in [-0.1, -0.05) is 47.1 Å². The van der Waals surface area contributed by atoms with Crippen molar-refractivity contribution in [3.8, 4) is 0 Å². The number of amides is 1. The number of para-hydroxylation sites is 1. The summed E-state index contributed by atoms with van der Waals surface area (Å²) in [6.45, 7) is 0. The third kappa shape index (κ3) is 4.44. The van der Waals surface area contributed by atoms with Crippen LogP contribution in [0.2, 0.25) is 5.02 Å². The summed E-state index contributed by atoms with van der Waals surface area (Å²) in [6.07, 6.45) is 0.789. The number of carbonyl (C=O) groups excluding carboxylic acids is 1. The van der Waals surface area contributed by atoms with Crippen LogP contribution in [-0.4, -0.2) is 12.3 Å². The Morgan fingerprint density at radius 1 is 1.11 bits per heavy atom. The van der Waals surface area contributed by atoms with Crippen molar-refractivity contribution < 1.29 is 9.63 Å². The Balaban J connectivity index is 1.85. The minimum Gasteiger partial charge on any atom is -0.298 e. The molecule has 1 N–H and O–H groups in total. The predicted molar refractivity (Wildman–Crippen MR) is 75.6 cm³/mol. The average Bonchev–Trinajstić information content (AvgIpc) is 2.42. The average molecular weight is 275 g/mol. The fourth-order valence-electron chi connectivity index (χ4n) is 1.35. The molecule has 0 fully saturated rings. The van der Waals surface area contributed by atoms with Gasteiger partial charge in [-0.2, -0.15) is 0 Å². The van der Waals surface area contributed by atoms with Gasteiger partial charge in [0.05, 0.1) is 6.21 Å². The largest absolute Gasteiger partial charge is 0.437 e. The van der Waals surface area contributed by atoms with Crippen LogP contribution in [0, 0.1) is 0 Å². The third-order valence-electron chi connectivity index (χ3n) is 2.23. The molecule has 1 amide bonds. The maximum atomic E-state index is 11.4. The molecule has 19 heavy (non-hydrogen) atoms. The first kappa shape index (κ1) is 13.1. The summed E-state index contributed by atoms with van der Waals surface area (Å²) in [7, 11) is 0. The SMILES string of the molecule is O=C(Nc1ccccc1)ON=Cc1ccc(Cl)cc1. The highest BCUT2D eigenvalue weighted by atomic mass is 35.5. The molecule has 0 saturated carbocycles. The van der Waals surface area contributed by atoms with E-state index in [1.807, 2.05) is 18.2 Å². The van der Waals surface area contributed by atoms with Gasteiger partial charge in [0.25, 0.3) is 0 Å². The van der Waals surface area contributed by atoms with Crippen LogP contribution in [0.1, 0.15) is 5.56 Å². The molecular formula is C14H11ClN2O2. The first-order valence-corrected chi connectivity index (χ1v) is 5.94. The van der Waals surface area contributed by atoms with Crippen LogP contribution in [-0.2, 0) is 4.84 Å². The topological polar surface area (TPSA) is 50.7 Å². The van der Waals surface area contributed by atoms with Crippen LogP contribution in [0.4, 0.5) is 10.5 Å². The second kappa shape index (κ2) is 6.56. The maximum Gasteiger partial charge on any atom is 0.437 e. The monoisotopic (exact) mass is 274 g/mol. The Hall–Kier alpha value is -2.33. The van der Waals surface area contributed by atoms with Crippen molar-refractivity contribution in [3.05, 3.63) is 65.2 Å². The lowest BCUT2D eigenvalue weighted by Gasteiger charge is -2.01. The highest BCUT2D eigenvalue weighted by Crippen LogP contribution is 2.08. The number of benzene rings is 2. The molecule has 0 saturated heterocycles. The Morgan fingerprint density at radius 3 is 2.47 bits per heavy atom. The summed E-state index contributed by atoms with van der Waals surface area (Å²) >= 11 is 5.75. The molecule has 0 aromatic heterocycles. The zero-order valence-electron chi connectivity index (χ0n) is 9.92. The van der Waals surface area contributed by atoms with Gasteiger partial charge in [-0.15, -0.1) is 0 Å². The number of hydrogen-bond donors (Lipinski definition) is 1. The minimum atomic E-state index is -0.642. The molecule has 0 aliphatic heterocycles. The van der Waals surface area contributed by atoms with Crippen molar-refractivity contribution in [2.24, 2.45) is 5.16 Å². The zero-order valence-corrected chi connectivity index (χ0v) is 10.7. The van der Waals surface area contributed by atoms with Gasteiger partial charge in [-0.05, 0) is 29.8 Å². The van der Waals surface area contributed by atoms with Crippen molar-refractivity contribution in [1.82, 2.24) is 0 Å². The molecule has 0 radical (unpaired) electrons. The van der Waals surface area contributed by atoms with E-state index >= 15 is 0 Å². The minimum absolute atomic E-state index is 0.639. The number of oxime groups is 1. The zero-order chi connectivity index (χ0) is 13.5. The van der Waals surface area contributed by atoms with E-state index in [1.165, 1.54) is 6.21 Å². The van der Waals surface area contributed by atoms with Crippen molar-refractivity contribution in [1.29, 1.82) is 0 Å². The molecule has 0 unspecified atom stereocenters. The lowest BCUT2D eigenvalue weighted by Crippen LogP contribution is -2.10. The number of carbonyl (C=O) groups is 1. The molecule has 0 heterocycles. The van der Waals surface area contributed by atoms with E-state index in [0.29, 0.717) is 10.7 Å². The van der Waals surface area contributed by atoms with Gasteiger partial charge in [0.2, 0.25) is 0 Å². The van der Waals surface area contributed by atoms with E-state index in [9.17, 15) is 4.79 Å². The number of nitrogens with zero attached hydrogens (tertiary/aromatic N) is 1. The van der Waals surface area contributed by atoms with Crippen LogP contribution >= 0.6 is 11.6 Å². The molecule has 0 spiro atoms. The van der Waals surface area contributed by atoms with Gasteiger partial charge < -0.3 is 0 Å². The fourth-order valence-corrected chi connectivity index (χ4v) is 1.47. The molecule has 5 heteroatoms. The van der Waals surface area contributed by atoms with Gasteiger partial charge in [0.1, 0.15) is 0 Å². The summed E-state index contributed by atoms with van der Waals surface area (Å²) in [5.41, 5.74) is 1.44. The molecule has 0 aliphatic rings. The quantitative estimate of drug-likeness (QED) is 0.524. The summed E-state index contributed by atoms with van der Waals surface area (Å²) in [5.74, 6) is 0. The lowest BCUT2D eigenvalue weighted by atomic mass is 10.2. The molecule has 0 aliphatic carbocycles. The Bertz CT molecular complexity index is 568. The van der Waals surface area contributed by atoms with Crippen molar-refractivity contribution in [2.75, 3.05) is 5.32 Å². The summed E-state index contributed by atoms with van der Waals surface area (Å²) in [6, 6.07) is 16.0. The molecule has 2 aromatic carbocycles. The van der Waals surface area contributed by atoms with Crippen molar-refractivity contribution in [3.63, 3.8) is 0 Å². The lowest BCUT2D eigenvalue weighted by molar-refractivity contribution is 0.167.